The monoisotopic (exact) mass is 835 g/mol. The molecule has 0 spiro atoms. The summed E-state index contributed by atoms with van der Waals surface area (Å²) in [7, 11) is 0. The molecule has 1 N–H and O–H groups in total. The van der Waals surface area contributed by atoms with Gasteiger partial charge in [0.05, 0.1) is 6.61 Å². The third kappa shape index (κ3) is 40.4. The fourth-order valence-corrected chi connectivity index (χ4v) is 8.65. The number of ketones is 1. The van der Waals surface area contributed by atoms with Gasteiger partial charge in [-0.3, -0.25) is 14.4 Å². The molecule has 6 heteroatoms. The average Bonchev–Trinajstić information content (AvgIpc) is 3.23. The number of Topliss-reactive ketones (excluding diaryl/α,β-unsaturated/α-hetero) is 1. The maximum atomic E-state index is 13.1. The zero-order valence-electron chi connectivity index (χ0n) is 40.1. The van der Waals surface area contributed by atoms with Crippen LogP contribution >= 0.6 is 0 Å². The van der Waals surface area contributed by atoms with Crippen LogP contribution in [-0.2, 0) is 23.9 Å². The van der Waals surface area contributed by atoms with Crippen LogP contribution in [0.5, 0.6) is 0 Å². The zero-order chi connectivity index (χ0) is 43.3. The van der Waals surface area contributed by atoms with Gasteiger partial charge in [-0.2, -0.15) is 0 Å². The van der Waals surface area contributed by atoms with Crippen LogP contribution in [0.1, 0.15) is 291 Å². The molecule has 0 bridgehead atoms. The SMILES string of the molecule is CCCCCCCCCCCCCCCCCC(=O)C(C)C(CCC)CCCCCCCCCC(=O)OC(CO)COC(=O)CCCCCCCCCCCCCCC. The van der Waals surface area contributed by atoms with E-state index in [1.54, 1.807) is 0 Å². The van der Waals surface area contributed by atoms with Crippen molar-refractivity contribution >= 4 is 17.7 Å². The van der Waals surface area contributed by atoms with Crippen molar-refractivity contribution in [1.82, 2.24) is 0 Å². The first-order valence-electron chi connectivity index (χ1n) is 26.4. The molecule has 59 heavy (non-hydrogen) atoms. The lowest BCUT2D eigenvalue weighted by molar-refractivity contribution is -0.161. The van der Waals surface area contributed by atoms with Gasteiger partial charge in [-0.05, 0) is 31.6 Å². The van der Waals surface area contributed by atoms with E-state index in [-0.39, 0.29) is 31.1 Å². The fourth-order valence-electron chi connectivity index (χ4n) is 8.65. The van der Waals surface area contributed by atoms with Gasteiger partial charge >= 0.3 is 11.9 Å². The van der Waals surface area contributed by atoms with Crippen molar-refractivity contribution in [2.45, 2.75) is 297 Å². The lowest BCUT2D eigenvalue weighted by atomic mass is 9.81. The van der Waals surface area contributed by atoms with Crippen molar-refractivity contribution in [2.75, 3.05) is 13.2 Å². The highest BCUT2D eigenvalue weighted by atomic mass is 16.6. The molecule has 0 heterocycles. The number of aliphatic hydroxyl groups excluding tert-OH is 1. The smallest absolute Gasteiger partial charge is 0.306 e. The summed E-state index contributed by atoms with van der Waals surface area (Å²) in [5.41, 5.74) is 0. The number of ether oxygens (including phenoxy) is 2. The standard InChI is InChI=1S/C53H102O6/c1-5-8-10-12-14-16-18-20-21-23-24-26-30-34-38-43-51(55)48(4)49(41-7-3)42-37-33-29-28-32-36-40-45-53(57)59-50(46-54)47-58-52(56)44-39-35-31-27-25-22-19-17-15-13-11-9-6-2/h48-50,54H,5-47H2,1-4H3. The number of carbonyl (C=O) groups excluding carboxylic acids is 3. The Morgan fingerprint density at radius 3 is 1.12 bits per heavy atom. The molecular formula is C53H102O6. The summed E-state index contributed by atoms with van der Waals surface area (Å²) in [6, 6.07) is 0. The molecule has 0 saturated heterocycles. The van der Waals surface area contributed by atoms with E-state index in [1.165, 1.54) is 173 Å². The number of hydrogen-bond acceptors (Lipinski definition) is 6. The highest BCUT2D eigenvalue weighted by Gasteiger charge is 2.22. The van der Waals surface area contributed by atoms with Crippen LogP contribution in [-0.4, -0.2) is 42.1 Å². The van der Waals surface area contributed by atoms with Crippen molar-refractivity contribution < 1.29 is 29.0 Å². The predicted octanol–water partition coefficient (Wildman–Crippen LogP) is 16.3. The Balaban J connectivity index is 3.81. The van der Waals surface area contributed by atoms with Crippen LogP contribution < -0.4 is 0 Å². The molecule has 0 aliphatic heterocycles. The summed E-state index contributed by atoms with van der Waals surface area (Å²) in [6.45, 7) is 8.56. The Labute approximate surface area is 367 Å². The van der Waals surface area contributed by atoms with E-state index in [4.69, 9.17) is 9.47 Å². The molecule has 0 radical (unpaired) electrons. The van der Waals surface area contributed by atoms with Gasteiger partial charge in [-0.25, -0.2) is 0 Å². The summed E-state index contributed by atoms with van der Waals surface area (Å²) >= 11 is 0. The fraction of sp³-hybridized carbons (Fsp3) is 0.943. The lowest BCUT2D eigenvalue weighted by Crippen LogP contribution is -2.28. The highest BCUT2D eigenvalue weighted by Crippen LogP contribution is 2.27. The number of carbonyl (C=O) groups is 3. The Kier molecular flexibility index (Phi) is 45.0. The van der Waals surface area contributed by atoms with E-state index in [2.05, 4.69) is 27.7 Å². The van der Waals surface area contributed by atoms with Crippen molar-refractivity contribution in [2.24, 2.45) is 11.8 Å². The second kappa shape index (κ2) is 46.1. The van der Waals surface area contributed by atoms with E-state index in [1.807, 2.05) is 0 Å². The molecular weight excluding hydrogens is 733 g/mol. The molecule has 350 valence electrons. The molecule has 0 aromatic carbocycles. The van der Waals surface area contributed by atoms with Gasteiger partial charge in [-0.15, -0.1) is 0 Å². The molecule has 0 aliphatic carbocycles. The zero-order valence-corrected chi connectivity index (χ0v) is 40.1. The number of hydrogen-bond donors (Lipinski definition) is 1. The van der Waals surface area contributed by atoms with Gasteiger partial charge < -0.3 is 14.6 Å². The van der Waals surface area contributed by atoms with Crippen LogP contribution in [0.2, 0.25) is 0 Å². The van der Waals surface area contributed by atoms with E-state index in [9.17, 15) is 19.5 Å². The maximum absolute atomic E-state index is 13.1. The summed E-state index contributed by atoms with van der Waals surface area (Å²) < 4.78 is 10.7. The number of aliphatic hydroxyl groups is 1. The maximum Gasteiger partial charge on any atom is 0.306 e. The first kappa shape index (κ1) is 57.6. The van der Waals surface area contributed by atoms with Crippen LogP contribution in [0.3, 0.4) is 0 Å². The minimum absolute atomic E-state index is 0.0783. The average molecular weight is 835 g/mol. The molecule has 0 fully saturated rings. The van der Waals surface area contributed by atoms with Gasteiger partial charge in [-0.1, -0.05) is 246 Å². The lowest BCUT2D eigenvalue weighted by Gasteiger charge is -2.23. The normalized spacial score (nSPS) is 13.0. The third-order valence-corrected chi connectivity index (χ3v) is 12.8. The van der Waals surface area contributed by atoms with Crippen molar-refractivity contribution in [3.8, 4) is 0 Å². The van der Waals surface area contributed by atoms with Gasteiger partial charge in [0, 0.05) is 25.2 Å². The van der Waals surface area contributed by atoms with Crippen LogP contribution in [0.25, 0.3) is 0 Å². The minimum Gasteiger partial charge on any atom is -0.462 e. The van der Waals surface area contributed by atoms with Gasteiger partial charge in [0.15, 0.2) is 6.10 Å². The largest absolute Gasteiger partial charge is 0.462 e. The summed E-state index contributed by atoms with van der Waals surface area (Å²) in [5, 5.41) is 9.65. The van der Waals surface area contributed by atoms with E-state index < -0.39 is 6.10 Å². The van der Waals surface area contributed by atoms with Crippen molar-refractivity contribution in [3.63, 3.8) is 0 Å². The molecule has 3 unspecified atom stereocenters. The number of esters is 2. The van der Waals surface area contributed by atoms with Crippen LogP contribution in [0.4, 0.5) is 0 Å². The molecule has 0 rings (SSSR count). The Bertz CT molecular complexity index is 904. The third-order valence-electron chi connectivity index (χ3n) is 12.8. The molecule has 3 atom stereocenters. The Morgan fingerprint density at radius 2 is 0.746 bits per heavy atom. The topological polar surface area (TPSA) is 89.9 Å². The van der Waals surface area contributed by atoms with Crippen molar-refractivity contribution in [3.05, 3.63) is 0 Å². The first-order chi connectivity index (χ1) is 28.9. The van der Waals surface area contributed by atoms with Crippen LogP contribution in [0, 0.1) is 11.8 Å². The number of rotatable bonds is 48. The summed E-state index contributed by atoms with van der Waals surface area (Å²) in [4.78, 5) is 37.6. The summed E-state index contributed by atoms with van der Waals surface area (Å²) in [6.07, 6.45) is 48.4. The molecule has 0 aromatic rings. The van der Waals surface area contributed by atoms with Crippen LogP contribution in [0.15, 0.2) is 0 Å². The van der Waals surface area contributed by atoms with Gasteiger partial charge in [0.1, 0.15) is 12.4 Å². The number of unbranched alkanes of at least 4 members (excludes halogenated alkanes) is 32. The quantitative estimate of drug-likeness (QED) is 0.0485. The van der Waals surface area contributed by atoms with E-state index in [0.29, 0.717) is 24.5 Å². The Morgan fingerprint density at radius 1 is 0.407 bits per heavy atom. The van der Waals surface area contributed by atoms with Gasteiger partial charge in [0.2, 0.25) is 0 Å². The molecule has 6 nitrogen and oxygen atoms in total. The first-order valence-corrected chi connectivity index (χ1v) is 26.4. The molecule has 0 aromatic heterocycles. The molecule has 0 aliphatic rings. The summed E-state index contributed by atoms with van der Waals surface area (Å²) in [5.74, 6) is 0.583. The van der Waals surface area contributed by atoms with E-state index >= 15 is 0 Å². The minimum atomic E-state index is -0.790. The second-order valence-electron chi connectivity index (χ2n) is 18.5. The molecule has 0 saturated carbocycles. The van der Waals surface area contributed by atoms with E-state index in [0.717, 1.165) is 77.0 Å². The predicted molar refractivity (Wildman–Crippen MR) is 252 cm³/mol. The molecule has 0 amide bonds. The highest BCUT2D eigenvalue weighted by molar-refractivity contribution is 5.80. The van der Waals surface area contributed by atoms with Crippen molar-refractivity contribution in [1.29, 1.82) is 0 Å². The Hall–Kier alpha value is -1.43. The van der Waals surface area contributed by atoms with Gasteiger partial charge in [0.25, 0.3) is 0 Å². The second-order valence-corrected chi connectivity index (χ2v) is 18.5.